The molecule has 0 spiro atoms. The van der Waals surface area contributed by atoms with Crippen LogP contribution in [0.1, 0.15) is 20.7 Å². The van der Waals surface area contributed by atoms with E-state index in [9.17, 15) is 14.4 Å². The van der Waals surface area contributed by atoms with Gasteiger partial charge in [0.1, 0.15) is 10.8 Å². The predicted octanol–water partition coefficient (Wildman–Crippen LogP) is 2.49. The van der Waals surface area contributed by atoms with E-state index in [4.69, 9.17) is 5.73 Å². The van der Waals surface area contributed by atoms with Crippen molar-refractivity contribution in [2.24, 2.45) is 0 Å². The number of nitrogens with zero attached hydrogens (tertiary/aromatic N) is 3. The highest BCUT2D eigenvalue weighted by molar-refractivity contribution is 7.13. The van der Waals surface area contributed by atoms with Gasteiger partial charge in [0.15, 0.2) is 0 Å². The number of hydrogen-bond donors (Lipinski definition) is 2. The standard InChI is InChI=1S/C21H13N5O3S/c22-18-17-14(19(28)25-20(17)29)9-16(27)26(18)13-3-1-2-12(8-13)21-24-15(10-30-21)11-4-6-23-7-5-11/h1-10H,22H2,(H,25,28,29). The van der Waals surface area contributed by atoms with Crippen LogP contribution < -0.4 is 16.6 Å². The summed E-state index contributed by atoms with van der Waals surface area (Å²) >= 11 is 1.47. The van der Waals surface area contributed by atoms with Gasteiger partial charge >= 0.3 is 0 Å². The molecule has 4 aromatic rings. The van der Waals surface area contributed by atoms with Crippen molar-refractivity contribution in [2.75, 3.05) is 5.73 Å². The zero-order valence-corrected chi connectivity index (χ0v) is 16.1. The van der Waals surface area contributed by atoms with Gasteiger partial charge in [0.25, 0.3) is 17.4 Å². The molecule has 2 amide bonds. The molecular formula is C21H13N5O3S. The molecule has 146 valence electrons. The highest BCUT2D eigenvalue weighted by atomic mass is 32.1. The number of rotatable bonds is 3. The van der Waals surface area contributed by atoms with E-state index in [0.717, 1.165) is 27.9 Å². The molecule has 0 atom stereocenters. The van der Waals surface area contributed by atoms with E-state index in [-0.39, 0.29) is 16.9 Å². The summed E-state index contributed by atoms with van der Waals surface area (Å²) in [6.45, 7) is 0. The third kappa shape index (κ3) is 2.80. The van der Waals surface area contributed by atoms with Gasteiger partial charge in [-0.15, -0.1) is 11.3 Å². The first-order valence-corrected chi connectivity index (χ1v) is 9.79. The zero-order valence-electron chi connectivity index (χ0n) is 15.3. The topological polar surface area (TPSA) is 120 Å². The van der Waals surface area contributed by atoms with E-state index in [2.05, 4.69) is 15.3 Å². The Hall–Kier alpha value is -4.11. The number of thiazole rings is 1. The van der Waals surface area contributed by atoms with Crippen LogP contribution in [0.5, 0.6) is 0 Å². The van der Waals surface area contributed by atoms with Crippen LogP contribution in [0.15, 0.2) is 65.0 Å². The molecule has 4 heterocycles. The Balaban J connectivity index is 1.60. The molecule has 1 aliphatic heterocycles. The first-order valence-electron chi connectivity index (χ1n) is 8.91. The van der Waals surface area contributed by atoms with Crippen LogP contribution in [-0.2, 0) is 0 Å². The Morgan fingerprint density at radius 3 is 2.57 bits per heavy atom. The average molecular weight is 415 g/mol. The number of benzene rings is 1. The van der Waals surface area contributed by atoms with Crippen molar-refractivity contribution in [1.29, 1.82) is 0 Å². The van der Waals surface area contributed by atoms with E-state index < -0.39 is 17.4 Å². The Morgan fingerprint density at radius 1 is 0.967 bits per heavy atom. The van der Waals surface area contributed by atoms with Gasteiger partial charge in [0, 0.05) is 35.0 Å². The Morgan fingerprint density at radius 2 is 1.77 bits per heavy atom. The SMILES string of the molecule is Nc1c2c(cc(=O)n1-c1cccc(-c3nc(-c4ccncc4)cs3)c1)C(=O)NC2=O. The summed E-state index contributed by atoms with van der Waals surface area (Å²) < 4.78 is 1.22. The summed E-state index contributed by atoms with van der Waals surface area (Å²) in [5, 5.41) is 4.88. The van der Waals surface area contributed by atoms with Crippen molar-refractivity contribution in [3.05, 3.63) is 81.7 Å². The Bertz CT molecular complexity index is 1390. The summed E-state index contributed by atoms with van der Waals surface area (Å²) in [6.07, 6.45) is 3.41. The second-order valence-corrected chi connectivity index (χ2v) is 7.46. The number of aromatic nitrogens is 3. The summed E-state index contributed by atoms with van der Waals surface area (Å²) in [5.41, 5.74) is 8.69. The lowest BCUT2D eigenvalue weighted by atomic mass is 10.1. The second-order valence-electron chi connectivity index (χ2n) is 6.60. The van der Waals surface area contributed by atoms with Crippen LogP contribution in [0.2, 0.25) is 0 Å². The molecule has 0 saturated heterocycles. The number of amides is 2. The third-order valence-electron chi connectivity index (χ3n) is 4.78. The number of pyridine rings is 2. The number of nitrogens with one attached hydrogen (secondary N) is 1. The van der Waals surface area contributed by atoms with Crippen molar-refractivity contribution >= 4 is 29.0 Å². The molecule has 3 aromatic heterocycles. The summed E-state index contributed by atoms with van der Waals surface area (Å²) in [5.74, 6) is -1.31. The van der Waals surface area contributed by atoms with Crippen molar-refractivity contribution in [3.63, 3.8) is 0 Å². The van der Waals surface area contributed by atoms with Crippen molar-refractivity contribution in [1.82, 2.24) is 19.9 Å². The van der Waals surface area contributed by atoms with Gasteiger partial charge in [-0.2, -0.15) is 0 Å². The number of carbonyl (C=O) groups is 2. The monoisotopic (exact) mass is 415 g/mol. The smallest absolute Gasteiger partial charge is 0.262 e. The van der Waals surface area contributed by atoms with Gasteiger partial charge in [-0.05, 0) is 24.3 Å². The quantitative estimate of drug-likeness (QED) is 0.496. The molecule has 1 aliphatic rings. The fourth-order valence-corrected chi connectivity index (χ4v) is 4.21. The minimum Gasteiger partial charge on any atom is -0.384 e. The van der Waals surface area contributed by atoms with Crippen LogP contribution in [0.25, 0.3) is 27.5 Å². The first-order chi connectivity index (χ1) is 14.5. The molecule has 0 bridgehead atoms. The summed E-state index contributed by atoms with van der Waals surface area (Å²) in [4.78, 5) is 45.3. The lowest BCUT2D eigenvalue weighted by Crippen LogP contribution is -2.24. The van der Waals surface area contributed by atoms with Crippen LogP contribution in [-0.4, -0.2) is 26.3 Å². The van der Waals surface area contributed by atoms with Gasteiger partial charge < -0.3 is 5.73 Å². The van der Waals surface area contributed by atoms with E-state index in [1.54, 1.807) is 30.6 Å². The maximum absolute atomic E-state index is 12.7. The highest BCUT2D eigenvalue weighted by Crippen LogP contribution is 2.30. The number of fused-ring (bicyclic) bond motifs is 1. The van der Waals surface area contributed by atoms with Gasteiger partial charge in [0.2, 0.25) is 0 Å². The summed E-state index contributed by atoms with van der Waals surface area (Å²) in [7, 11) is 0. The van der Waals surface area contributed by atoms with Crippen LogP contribution >= 0.6 is 11.3 Å². The molecule has 1 aromatic carbocycles. The highest BCUT2D eigenvalue weighted by Gasteiger charge is 2.31. The molecular weight excluding hydrogens is 402 g/mol. The van der Waals surface area contributed by atoms with E-state index in [0.29, 0.717) is 5.69 Å². The molecule has 5 rings (SSSR count). The van der Waals surface area contributed by atoms with Crippen LogP contribution in [0, 0.1) is 0 Å². The maximum atomic E-state index is 12.7. The minimum atomic E-state index is -0.619. The number of carbonyl (C=O) groups excluding carboxylic acids is 2. The van der Waals surface area contributed by atoms with E-state index in [1.807, 2.05) is 23.6 Å². The number of nitrogen functional groups attached to an aromatic ring is 1. The Labute approximate surface area is 173 Å². The van der Waals surface area contributed by atoms with Gasteiger partial charge in [-0.25, -0.2) is 4.98 Å². The molecule has 9 heteroatoms. The van der Waals surface area contributed by atoms with Gasteiger partial charge in [-0.1, -0.05) is 12.1 Å². The molecule has 0 radical (unpaired) electrons. The van der Waals surface area contributed by atoms with Crippen molar-refractivity contribution in [3.8, 4) is 27.5 Å². The van der Waals surface area contributed by atoms with Gasteiger partial charge in [-0.3, -0.25) is 29.3 Å². The van der Waals surface area contributed by atoms with Crippen LogP contribution in [0.3, 0.4) is 0 Å². The van der Waals surface area contributed by atoms with Gasteiger partial charge in [0.05, 0.1) is 22.5 Å². The van der Waals surface area contributed by atoms with Crippen molar-refractivity contribution in [2.45, 2.75) is 0 Å². The number of imide groups is 1. The Kier molecular flexibility index (Phi) is 4.04. The molecule has 3 N–H and O–H groups in total. The molecule has 8 nitrogen and oxygen atoms in total. The predicted molar refractivity (Wildman–Crippen MR) is 113 cm³/mol. The number of hydrogen-bond acceptors (Lipinski definition) is 7. The lowest BCUT2D eigenvalue weighted by Gasteiger charge is -2.12. The van der Waals surface area contributed by atoms with Crippen LogP contribution in [0.4, 0.5) is 5.82 Å². The number of nitrogens with two attached hydrogens (primary N) is 1. The van der Waals surface area contributed by atoms with Crippen molar-refractivity contribution < 1.29 is 9.59 Å². The van der Waals surface area contributed by atoms with E-state index >= 15 is 0 Å². The normalized spacial score (nSPS) is 12.7. The number of anilines is 1. The fraction of sp³-hybridized carbons (Fsp3) is 0. The zero-order chi connectivity index (χ0) is 20.8. The molecule has 0 aliphatic carbocycles. The largest absolute Gasteiger partial charge is 0.384 e. The molecule has 0 saturated carbocycles. The lowest BCUT2D eigenvalue weighted by molar-refractivity contribution is 0.0880. The first kappa shape index (κ1) is 18.0. The third-order valence-corrected chi connectivity index (χ3v) is 5.68. The summed E-state index contributed by atoms with van der Waals surface area (Å²) in [6, 6.07) is 12.0. The second kappa shape index (κ2) is 6.75. The average Bonchev–Trinajstić information content (AvgIpc) is 3.34. The fourth-order valence-electron chi connectivity index (χ4n) is 3.39. The maximum Gasteiger partial charge on any atom is 0.262 e. The van der Waals surface area contributed by atoms with E-state index in [1.165, 1.54) is 15.9 Å². The molecule has 30 heavy (non-hydrogen) atoms. The molecule has 0 fully saturated rings. The molecule has 0 unspecified atom stereocenters. The minimum absolute atomic E-state index is 0.00294.